The summed E-state index contributed by atoms with van der Waals surface area (Å²) < 4.78 is 0. The van der Waals surface area contributed by atoms with Crippen molar-refractivity contribution in [2.75, 3.05) is 6.61 Å². The summed E-state index contributed by atoms with van der Waals surface area (Å²) in [6.45, 7) is 4.35. The highest BCUT2D eigenvalue weighted by atomic mass is 16.3. The van der Waals surface area contributed by atoms with Crippen molar-refractivity contribution in [1.29, 1.82) is 0 Å². The Hall–Kier alpha value is -1.13. The second kappa shape index (κ2) is 68.1. The van der Waals surface area contributed by atoms with Gasteiger partial charge in [-0.2, -0.15) is 0 Å². The van der Waals surface area contributed by atoms with Gasteiger partial charge in [-0.25, -0.2) is 0 Å². The SMILES string of the molecule is CCCCCCCCCCCCCCCCCCCCCCCCC/C=C/CC/C=C/C(O)C(CO)NC(=O)CCCCCCCCCCCCCCCCCCCCCCCCCCCCCCCCCCCCC. The zero-order valence-corrected chi connectivity index (χ0v) is 52.3. The van der Waals surface area contributed by atoms with Crippen molar-refractivity contribution in [2.24, 2.45) is 0 Å². The molecule has 76 heavy (non-hydrogen) atoms. The Morgan fingerprint density at radius 3 is 0.763 bits per heavy atom. The highest BCUT2D eigenvalue weighted by molar-refractivity contribution is 5.76. The summed E-state index contributed by atoms with van der Waals surface area (Å²) in [4.78, 5) is 12.5. The van der Waals surface area contributed by atoms with Crippen LogP contribution in [0.2, 0.25) is 0 Å². The number of hydrogen-bond acceptors (Lipinski definition) is 3. The van der Waals surface area contributed by atoms with Crippen LogP contribution >= 0.6 is 0 Å². The Morgan fingerprint density at radius 2 is 0.513 bits per heavy atom. The Kier molecular flexibility index (Phi) is 67.1. The van der Waals surface area contributed by atoms with Crippen LogP contribution in [-0.2, 0) is 4.79 Å². The smallest absolute Gasteiger partial charge is 0.220 e. The standard InChI is InChI=1S/C72H141NO3/c1-3-5-7-9-11-13-15-17-19-21-23-25-27-29-31-33-34-35-36-37-38-40-42-44-46-48-50-52-54-56-58-60-62-64-66-68-72(76)73-70(69-74)71(75)67-65-63-61-59-57-55-53-51-49-47-45-43-41-39-32-30-28-26-24-22-20-18-16-14-12-10-8-6-4-2/h57,59,65,67,70-71,74-75H,3-56,58,60-64,66,68-69H2,1-2H3,(H,73,76)/b59-57+,67-65+. The maximum absolute atomic E-state index is 12.5. The van der Waals surface area contributed by atoms with Crippen LogP contribution in [0.4, 0.5) is 0 Å². The van der Waals surface area contributed by atoms with Crippen molar-refractivity contribution < 1.29 is 15.0 Å². The highest BCUT2D eigenvalue weighted by Gasteiger charge is 2.18. The maximum atomic E-state index is 12.5. The molecule has 0 aromatic rings. The molecule has 0 aromatic heterocycles. The number of carbonyl (C=O) groups is 1. The fourth-order valence-electron chi connectivity index (χ4n) is 11.6. The molecule has 4 nitrogen and oxygen atoms in total. The summed E-state index contributed by atoms with van der Waals surface area (Å²) in [6.07, 6.45) is 92.9. The van der Waals surface area contributed by atoms with Gasteiger partial charge in [0, 0.05) is 6.42 Å². The number of amides is 1. The molecular weight excluding hydrogens is 927 g/mol. The highest BCUT2D eigenvalue weighted by Crippen LogP contribution is 2.20. The molecule has 0 aliphatic heterocycles. The van der Waals surface area contributed by atoms with E-state index in [2.05, 4.69) is 31.3 Å². The van der Waals surface area contributed by atoms with E-state index in [1.807, 2.05) is 6.08 Å². The lowest BCUT2D eigenvalue weighted by atomic mass is 10.0. The number of allylic oxidation sites excluding steroid dienone is 3. The molecule has 0 saturated heterocycles. The van der Waals surface area contributed by atoms with Crippen molar-refractivity contribution in [3.05, 3.63) is 24.3 Å². The molecule has 2 unspecified atom stereocenters. The lowest BCUT2D eigenvalue weighted by molar-refractivity contribution is -0.123. The van der Waals surface area contributed by atoms with E-state index in [0.29, 0.717) is 6.42 Å². The summed E-state index contributed by atoms with van der Waals surface area (Å²) in [5.74, 6) is -0.0638. The lowest BCUT2D eigenvalue weighted by Crippen LogP contribution is -2.45. The monoisotopic (exact) mass is 1070 g/mol. The molecule has 0 spiro atoms. The second-order valence-corrected chi connectivity index (χ2v) is 24.7. The van der Waals surface area contributed by atoms with Crippen LogP contribution < -0.4 is 5.32 Å². The average Bonchev–Trinajstić information content (AvgIpc) is 3.42. The molecule has 0 saturated carbocycles. The third-order valence-electron chi connectivity index (χ3n) is 16.9. The van der Waals surface area contributed by atoms with Gasteiger partial charge in [-0.05, 0) is 32.1 Å². The minimum atomic E-state index is -0.861. The number of hydrogen-bond donors (Lipinski definition) is 3. The van der Waals surface area contributed by atoms with Crippen LogP contribution in [0.5, 0.6) is 0 Å². The molecule has 0 aliphatic carbocycles. The quantitative estimate of drug-likeness (QED) is 0.0420. The summed E-state index contributed by atoms with van der Waals surface area (Å²) in [5, 5.41) is 23.3. The Balaban J connectivity index is 3.42. The molecule has 3 N–H and O–H groups in total. The van der Waals surface area contributed by atoms with Crippen LogP contribution in [0, 0.1) is 0 Å². The van der Waals surface area contributed by atoms with E-state index >= 15 is 0 Å². The van der Waals surface area contributed by atoms with Gasteiger partial charge in [-0.15, -0.1) is 0 Å². The average molecular weight is 1070 g/mol. The number of aliphatic hydroxyl groups is 2. The van der Waals surface area contributed by atoms with Crippen LogP contribution in [0.1, 0.15) is 412 Å². The van der Waals surface area contributed by atoms with E-state index in [0.717, 1.165) is 32.1 Å². The van der Waals surface area contributed by atoms with Crippen LogP contribution in [0.15, 0.2) is 24.3 Å². The minimum absolute atomic E-state index is 0.0638. The first kappa shape index (κ1) is 74.9. The molecule has 2 atom stereocenters. The van der Waals surface area contributed by atoms with Crippen molar-refractivity contribution in [3.8, 4) is 0 Å². The lowest BCUT2D eigenvalue weighted by Gasteiger charge is -2.19. The van der Waals surface area contributed by atoms with E-state index in [1.165, 1.54) is 360 Å². The molecule has 0 fully saturated rings. The van der Waals surface area contributed by atoms with E-state index in [-0.39, 0.29) is 12.5 Å². The predicted octanol–water partition coefficient (Wildman–Crippen LogP) is 24.2. The van der Waals surface area contributed by atoms with Crippen molar-refractivity contribution in [1.82, 2.24) is 5.32 Å². The van der Waals surface area contributed by atoms with Gasteiger partial charge in [0.25, 0.3) is 0 Å². The molecule has 0 radical (unpaired) electrons. The maximum Gasteiger partial charge on any atom is 0.220 e. The predicted molar refractivity (Wildman–Crippen MR) is 341 cm³/mol. The van der Waals surface area contributed by atoms with Crippen LogP contribution in [0.25, 0.3) is 0 Å². The molecule has 0 heterocycles. The van der Waals surface area contributed by atoms with Crippen molar-refractivity contribution >= 4 is 5.91 Å². The van der Waals surface area contributed by atoms with Crippen LogP contribution in [-0.4, -0.2) is 34.9 Å². The number of nitrogens with one attached hydrogen (secondary N) is 1. The number of carbonyl (C=O) groups excluding carboxylic acids is 1. The molecule has 0 rings (SSSR count). The van der Waals surface area contributed by atoms with Gasteiger partial charge in [-0.3, -0.25) is 4.79 Å². The topological polar surface area (TPSA) is 69.6 Å². The molecule has 452 valence electrons. The fraction of sp³-hybridized carbons (Fsp3) is 0.931. The molecule has 1 amide bonds. The summed E-state index contributed by atoms with van der Waals surface area (Å²) in [6, 6.07) is -0.638. The largest absolute Gasteiger partial charge is 0.394 e. The second-order valence-electron chi connectivity index (χ2n) is 24.7. The van der Waals surface area contributed by atoms with E-state index in [9.17, 15) is 15.0 Å². The van der Waals surface area contributed by atoms with Gasteiger partial charge in [0.1, 0.15) is 0 Å². The molecular formula is C72H141NO3. The first-order chi connectivity index (χ1) is 37.7. The van der Waals surface area contributed by atoms with E-state index < -0.39 is 12.1 Å². The fourth-order valence-corrected chi connectivity index (χ4v) is 11.6. The number of aliphatic hydroxyl groups excluding tert-OH is 2. The van der Waals surface area contributed by atoms with E-state index in [4.69, 9.17) is 0 Å². The first-order valence-corrected chi connectivity index (χ1v) is 35.6. The van der Waals surface area contributed by atoms with Crippen LogP contribution in [0.3, 0.4) is 0 Å². The minimum Gasteiger partial charge on any atom is -0.394 e. The first-order valence-electron chi connectivity index (χ1n) is 35.6. The van der Waals surface area contributed by atoms with Gasteiger partial charge in [0.15, 0.2) is 0 Å². The van der Waals surface area contributed by atoms with Gasteiger partial charge < -0.3 is 15.5 Å². The van der Waals surface area contributed by atoms with Crippen molar-refractivity contribution in [3.63, 3.8) is 0 Å². The normalized spacial score (nSPS) is 12.7. The van der Waals surface area contributed by atoms with Gasteiger partial charge in [-0.1, -0.05) is 398 Å². The number of unbranched alkanes of at least 4 members (excludes halogenated alkanes) is 58. The zero-order chi connectivity index (χ0) is 54.8. The Morgan fingerprint density at radius 1 is 0.303 bits per heavy atom. The Labute approximate surface area is 479 Å². The summed E-state index contributed by atoms with van der Waals surface area (Å²) >= 11 is 0. The number of rotatable bonds is 67. The van der Waals surface area contributed by atoms with Gasteiger partial charge in [0.05, 0.1) is 18.8 Å². The van der Waals surface area contributed by atoms with Crippen molar-refractivity contribution in [2.45, 2.75) is 424 Å². The Bertz CT molecular complexity index is 1120. The molecule has 4 heteroatoms. The zero-order valence-electron chi connectivity index (χ0n) is 52.3. The molecule has 0 aliphatic rings. The molecule has 0 aromatic carbocycles. The third kappa shape index (κ3) is 63.7. The summed E-state index contributed by atoms with van der Waals surface area (Å²) in [5.41, 5.74) is 0. The summed E-state index contributed by atoms with van der Waals surface area (Å²) in [7, 11) is 0. The van der Waals surface area contributed by atoms with Gasteiger partial charge >= 0.3 is 0 Å². The molecule has 0 bridgehead atoms. The van der Waals surface area contributed by atoms with Gasteiger partial charge in [0.2, 0.25) is 5.91 Å². The third-order valence-corrected chi connectivity index (χ3v) is 16.9. The van der Waals surface area contributed by atoms with E-state index in [1.54, 1.807) is 6.08 Å².